The van der Waals surface area contributed by atoms with Crippen LogP contribution in [-0.4, -0.2) is 52.9 Å². The van der Waals surface area contributed by atoms with Crippen molar-refractivity contribution in [3.8, 4) is 0 Å². The van der Waals surface area contributed by atoms with Crippen LogP contribution in [0.1, 0.15) is 53.3 Å². The topological polar surface area (TPSA) is 155 Å². The lowest BCUT2D eigenvalue weighted by Gasteiger charge is -2.07. The summed E-state index contributed by atoms with van der Waals surface area (Å²) in [6.07, 6.45) is 0. The second kappa shape index (κ2) is 10.1. The number of aromatic amines is 2. The van der Waals surface area contributed by atoms with E-state index in [4.69, 9.17) is 0 Å². The van der Waals surface area contributed by atoms with Gasteiger partial charge in [-0.2, -0.15) is 0 Å². The maximum atomic E-state index is 12.4. The number of methoxy groups -OCH3 is 2. The SMILES string of the molecule is COC(=O)c1ccc(CNC(=O)c2cccc(C(=O)NCc3ccc(C(=O)OC)[nH]3)n2)[nH]1. The molecule has 32 heavy (non-hydrogen) atoms. The number of rotatable bonds is 8. The number of nitrogens with zero attached hydrogens (tertiary/aromatic N) is 1. The average molecular weight is 439 g/mol. The van der Waals surface area contributed by atoms with Crippen LogP contribution in [0.3, 0.4) is 0 Å². The summed E-state index contributed by atoms with van der Waals surface area (Å²) in [5.74, 6) is -1.99. The zero-order valence-electron chi connectivity index (χ0n) is 17.4. The molecule has 0 aromatic carbocycles. The molecule has 0 bridgehead atoms. The van der Waals surface area contributed by atoms with E-state index in [9.17, 15) is 19.2 Å². The van der Waals surface area contributed by atoms with Gasteiger partial charge in [0.1, 0.15) is 22.8 Å². The van der Waals surface area contributed by atoms with Crippen LogP contribution in [0.2, 0.25) is 0 Å². The number of carbonyl (C=O) groups is 4. The monoisotopic (exact) mass is 439 g/mol. The van der Waals surface area contributed by atoms with Crippen LogP contribution < -0.4 is 10.6 Å². The summed E-state index contributed by atoms with van der Waals surface area (Å²) in [7, 11) is 2.55. The Bertz CT molecular complexity index is 1060. The first kappa shape index (κ1) is 22.3. The van der Waals surface area contributed by atoms with Crippen molar-refractivity contribution in [3.63, 3.8) is 0 Å². The summed E-state index contributed by atoms with van der Waals surface area (Å²) in [6, 6.07) is 10.9. The quantitative estimate of drug-likeness (QED) is 0.384. The van der Waals surface area contributed by atoms with Crippen LogP contribution in [0.25, 0.3) is 0 Å². The third-order valence-corrected chi connectivity index (χ3v) is 4.40. The van der Waals surface area contributed by atoms with E-state index in [1.807, 2.05) is 0 Å². The molecule has 2 amide bonds. The molecule has 11 heteroatoms. The van der Waals surface area contributed by atoms with Crippen LogP contribution in [0.15, 0.2) is 42.5 Å². The molecule has 0 unspecified atom stereocenters. The number of H-pyrrole nitrogens is 2. The number of esters is 2. The second-order valence-corrected chi connectivity index (χ2v) is 6.55. The molecule has 3 aromatic rings. The van der Waals surface area contributed by atoms with Crippen molar-refractivity contribution in [1.29, 1.82) is 0 Å². The summed E-state index contributed by atoms with van der Waals surface area (Å²) in [6.45, 7) is 0.257. The van der Waals surface area contributed by atoms with Crippen LogP contribution in [0.4, 0.5) is 0 Å². The van der Waals surface area contributed by atoms with E-state index in [-0.39, 0.29) is 35.9 Å². The van der Waals surface area contributed by atoms with E-state index in [1.165, 1.54) is 26.4 Å². The first-order chi connectivity index (χ1) is 15.4. The predicted molar refractivity (Wildman–Crippen MR) is 111 cm³/mol. The lowest BCUT2D eigenvalue weighted by atomic mass is 10.2. The fourth-order valence-electron chi connectivity index (χ4n) is 2.76. The van der Waals surface area contributed by atoms with Crippen molar-refractivity contribution in [2.75, 3.05) is 14.2 Å². The van der Waals surface area contributed by atoms with Gasteiger partial charge in [0.2, 0.25) is 0 Å². The number of amides is 2. The highest BCUT2D eigenvalue weighted by Gasteiger charge is 2.14. The highest BCUT2D eigenvalue weighted by atomic mass is 16.5. The first-order valence-corrected chi connectivity index (χ1v) is 9.47. The Balaban J connectivity index is 1.56. The molecule has 3 heterocycles. The third kappa shape index (κ3) is 5.39. The van der Waals surface area contributed by atoms with Crippen LogP contribution in [-0.2, 0) is 22.6 Å². The number of carbonyl (C=O) groups excluding carboxylic acids is 4. The molecule has 0 saturated carbocycles. The summed E-state index contributed by atoms with van der Waals surface area (Å²) >= 11 is 0. The molecule has 0 aliphatic carbocycles. The molecule has 3 aromatic heterocycles. The first-order valence-electron chi connectivity index (χ1n) is 9.47. The molecule has 4 N–H and O–H groups in total. The number of nitrogens with one attached hydrogen (secondary N) is 4. The van der Waals surface area contributed by atoms with Gasteiger partial charge in [-0.1, -0.05) is 6.07 Å². The molecule has 0 atom stereocenters. The Morgan fingerprint density at radius 2 is 1.19 bits per heavy atom. The summed E-state index contributed by atoms with van der Waals surface area (Å²) in [4.78, 5) is 57.5. The standard InChI is InChI=1S/C21H21N5O6/c1-31-20(29)16-8-6-12(24-16)10-22-18(27)14-4-3-5-15(26-14)19(28)23-11-13-7-9-17(25-13)21(30)32-2/h3-9,24-25H,10-11H2,1-2H3,(H,22,27)(H,23,28). The minimum Gasteiger partial charge on any atom is -0.464 e. The molecule has 11 nitrogen and oxygen atoms in total. The van der Waals surface area contributed by atoms with E-state index in [0.717, 1.165) is 0 Å². The number of hydrogen-bond donors (Lipinski definition) is 4. The summed E-state index contributed by atoms with van der Waals surface area (Å²) < 4.78 is 9.23. The van der Waals surface area contributed by atoms with Gasteiger partial charge in [0, 0.05) is 11.4 Å². The molecule has 0 radical (unpaired) electrons. The van der Waals surface area contributed by atoms with Crippen molar-refractivity contribution in [3.05, 3.63) is 76.6 Å². The average Bonchev–Trinajstić information content (AvgIpc) is 3.50. The highest BCUT2D eigenvalue weighted by Crippen LogP contribution is 2.06. The molecule has 0 fully saturated rings. The van der Waals surface area contributed by atoms with Gasteiger partial charge in [0.15, 0.2) is 0 Å². The minimum atomic E-state index is -0.510. The molecular formula is C21H21N5O6. The van der Waals surface area contributed by atoms with Gasteiger partial charge in [0.25, 0.3) is 11.8 Å². The maximum absolute atomic E-state index is 12.4. The second-order valence-electron chi connectivity index (χ2n) is 6.55. The Labute approximate surface area is 182 Å². The van der Waals surface area contributed by atoms with E-state index in [2.05, 4.69) is 35.1 Å². The summed E-state index contributed by atoms with van der Waals surface area (Å²) in [5.41, 5.74) is 1.87. The van der Waals surface area contributed by atoms with Gasteiger partial charge in [-0.15, -0.1) is 0 Å². The Morgan fingerprint density at radius 3 is 1.59 bits per heavy atom. The summed E-state index contributed by atoms with van der Waals surface area (Å²) in [5, 5.41) is 5.33. The van der Waals surface area contributed by atoms with Gasteiger partial charge in [-0.3, -0.25) is 9.59 Å². The minimum absolute atomic E-state index is 0.0604. The van der Waals surface area contributed by atoms with Crippen molar-refractivity contribution >= 4 is 23.8 Å². The number of hydrogen-bond acceptors (Lipinski definition) is 7. The van der Waals surface area contributed by atoms with Crippen molar-refractivity contribution in [1.82, 2.24) is 25.6 Å². The van der Waals surface area contributed by atoms with Crippen molar-refractivity contribution < 1.29 is 28.7 Å². The molecular weight excluding hydrogens is 418 g/mol. The highest BCUT2D eigenvalue weighted by molar-refractivity contribution is 5.96. The van der Waals surface area contributed by atoms with E-state index >= 15 is 0 Å². The Hall–Kier alpha value is -4.41. The number of pyridine rings is 1. The lowest BCUT2D eigenvalue weighted by Crippen LogP contribution is -2.27. The fraction of sp³-hybridized carbons (Fsp3) is 0.190. The van der Waals surface area contributed by atoms with Gasteiger partial charge in [-0.25, -0.2) is 14.6 Å². The Morgan fingerprint density at radius 1 is 0.750 bits per heavy atom. The normalized spacial score (nSPS) is 10.3. The molecule has 0 saturated heterocycles. The zero-order valence-corrected chi connectivity index (χ0v) is 17.4. The van der Waals surface area contributed by atoms with Gasteiger partial charge >= 0.3 is 11.9 Å². The van der Waals surface area contributed by atoms with Crippen molar-refractivity contribution in [2.24, 2.45) is 0 Å². The van der Waals surface area contributed by atoms with Crippen molar-refractivity contribution in [2.45, 2.75) is 13.1 Å². The Kier molecular flexibility index (Phi) is 7.01. The maximum Gasteiger partial charge on any atom is 0.354 e. The zero-order chi connectivity index (χ0) is 23.1. The molecule has 0 aliphatic heterocycles. The van der Waals surface area contributed by atoms with E-state index < -0.39 is 23.8 Å². The number of aromatic nitrogens is 3. The molecule has 0 aliphatic rings. The molecule has 3 rings (SSSR count). The van der Waals surface area contributed by atoms with Gasteiger partial charge in [0.05, 0.1) is 27.3 Å². The lowest BCUT2D eigenvalue weighted by molar-refractivity contribution is 0.0586. The van der Waals surface area contributed by atoms with Crippen LogP contribution >= 0.6 is 0 Å². The molecule has 0 spiro atoms. The van der Waals surface area contributed by atoms with Gasteiger partial charge in [-0.05, 0) is 36.4 Å². The fourth-order valence-corrected chi connectivity index (χ4v) is 2.76. The van der Waals surface area contributed by atoms with Crippen LogP contribution in [0, 0.1) is 0 Å². The van der Waals surface area contributed by atoms with Gasteiger partial charge < -0.3 is 30.1 Å². The molecule has 166 valence electrons. The number of ether oxygens (including phenoxy) is 2. The van der Waals surface area contributed by atoms with E-state index in [1.54, 1.807) is 30.3 Å². The third-order valence-electron chi connectivity index (χ3n) is 4.40. The van der Waals surface area contributed by atoms with Crippen LogP contribution in [0.5, 0.6) is 0 Å². The smallest absolute Gasteiger partial charge is 0.354 e. The largest absolute Gasteiger partial charge is 0.464 e. The predicted octanol–water partition coefficient (Wildman–Crippen LogP) is 1.17. The van der Waals surface area contributed by atoms with E-state index in [0.29, 0.717) is 11.4 Å².